The van der Waals surface area contributed by atoms with Gasteiger partial charge in [-0.15, -0.1) is 0 Å². The Bertz CT molecular complexity index is 1130. The van der Waals surface area contributed by atoms with Crippen LogP contribution in [0.25, 0.3) is 10.9 Å². The number of nitrogens with zero attached hydrogens (tertiary/aromatic N) is 1. The molecule has 1 aliphatic carbocycles. The molecule has 0 saturated heterocycles. The molecule has 0 aliphatic heterocycles. The quantitative estimate of drug-likeness (QED) is 0.760. The van der Waals surface area contributed by atoms with Crippen molar-refractivity contribution in [1.82, 2.24) is 14.9 Å². The fourth-order valence-electron chi connectivity index (χ4n) is 3.63. The molecular formula is C20H19N3O3. The van der Waals surface area contributed by atoms with Gasteiger partial charge in [-0.1, -0.05) is 24.3 Å². The molecular weight excluding hydrogens is 330 g/mol. The number of hydrogen-bond acceptors (Lipinski definition) is 3. The zero-order valence-electron chi connectivity index (χ0n) is 14.4. The van der Waals surface area contributed by atoms with Crippen molar-refractivity contribution in [2.45, 2.75) is 32.4 Å². The number of rotatable bonds is 3. The number of carbonyl (C=O) groups excluding carboxylic acids is 1. The summed E-state index contributed by atoms with van der Waals surface area (Å²) in [6.07, 6.45) is 1.82. The second-order valence-corrected chi connectivity index (χ2v) is 6.50. The molecule has 0 bridgehead atoms. The Morgan fingerprint density at radius 3 is 2.85 bits per heavy atom. The number of carbonyl (C=O) groups is 1. The van der Waals surface area contributed by atoms with Crippen LogP contribution in [0.2, 0.25) is 0 Å². The molecule has 6 nitrogen and oxygen atoms in total. The third kappa shape index (κ3) is 2.63. The van der Waals surface area contributed by atoms with E-state index in [4.69, 9.17) is 0 Å². The van der Waals surface area contributed by atoms with E-state index in [2.05, 4.69) is 16.4 Å². The van der Waals surface area contributed by atoms with E-state index in [9.17, 15) is 14.4 Å². The number of hydrogen-bond donors (Lipinski definition) is 2. The zero-order valence-corrected chi connectivity index (χ0v) is 14.4. The van der Waals surface area contributed by atoms with E-state index in [0.29, 0.717) is 23.0 Å². The summed E-state index contributed by atoms with van der Waals surface area (Å²) < 4.78 is 1.14. The van der Waals surface area contributed by atoms with Gasteiger partial charge in [0.15, 0.2) is 0 Å². The van der Waals surface area contributed by atoms with Gasteiger partial charge in [-0.3, -0.25) is 14.2 Å². The topological polar surface area (TPSA) is 84.0 Å². The van der Waals surface area contributed by atoms with Gasteiger partial charge in [-0.05, 0) is 49.1 Å². The molecule has 1 aromatic heterocycles. The SMILES string of the molecule is CCn1c(=O)[nH]c2cc(C(=O)N[C@@H]3CCc4ccccc43)ccc2c1=O. The third-order valence-corrected chi connectivity index (χ3v) is 5.00. The highest BCUT2D eigenvalue weighted by molar-refractivity contribution is 5.97. The predicted molar refractivity (Wildman–Crippen MR) is 99.5 cm³/mol. The van der Waals surface area contributed by atoms with E-state index < -0.39 is 5.69 Å². The molecule has 6 heteroatoms. The summed E-state index contributed by atoms with van der Waals surface area (Å²) in [5.74, 6) is -0.214. The first kappa shape index (κ1) is 16.3. The number of fused-ring (bicyclic) bond motifs is 2. The first-order valence-corrected chi connectivity index (χ1v) is 8.74. The van der Waals surface area contributed by atoms with Gasteiger partial charge in [0.05, 0.1) is 16.9 Å². The lowest BCUT2D eigenvalue weighted by Gasteiger charge is -2.14. The standard InChI is InChI=1S/C20H19N3O3/c1-2-23-19(25)15-9-7-13(11-17(15)22-20(23)26)18(24)21-16-10-8-12-5-3-4-6-14(12)16/h3-7,9,11,16H,2,8,10H2,1H3,(H,21,24)(H,22,26)/t16-/m1/s1. The van der Waals surface area contributed by atoms with Crippen LogP contribution in [0.5, 0.6) is 0 Å². The summed E-state index contributed by atoms with van der Waals surface area (Å²) in [5.41, 5.74) is 2.41. The largest absolute Gasteiger partial charge is 0.345 e. The smallest absolute Gasteiger partial charge is 0.328 e. The van der Waals surface area contributed by atoms with Crippen LogP contribution in [0, 0.1) is 0 Å². The van der Waals surface area contributed by atoms with Crippen molar-refractivity contribution in [3.05, 3.63) is 80.0 Å². The number of aryl methyl sites for hydroxylation is 1. The number of aromatic nitrogens is 2. The average molecular weight is 349 g/mol. The Labute approximate surface area is 149 Å². The molecule has 1 amide bonds. The van der Waals surface area contributed by atoms with Crippen molar-refractivity contribution >= 4 is 16.8 Å². The zero-order chi connectivity index (χ0) is 18.3. The molecule has 0 spiro atoms. The van der Waals surface area contributed by atoms with E-state index >= 15 is 0 Å². The highest BCUT2D eigenvalue weighted by Gasteiger charge is 2.24. The fourth-order valence-corrected chi connectivity index (χ4v) is 3.63. The van der Waals surface area contributed by atoms with Crippen molar-refractivity contribution in [2.24, 2.45) is 0 Å². The third-order valence-electron chi connectivity index (χ3n) is 5.00. The van der Waals surface area contributed by atoms with Gasteiger partial charge in [0, 0.05) is 12.1 Å². The minimum atomic E-state index is -0.465. The highest BCUT2D eigenvalue weighted by atomic mass is 16.2. The number of nitrogens with one attached hydrogen (secondary N) is 2. The summed E-state index contributed by atoms with van der Waals surface area (Å²) in [6, 6.07) is 12.9. The van der Waals surface area contributed by atoms with Gasteiger partial charge in [0.25, 0.3) is 11.5 Å². The minimum absolute atomic E-state index is 0.0125. The molecule has 2 N–H and O–H groups in total. The predicted octanol–water partition coefficient (Wildman–Crippen LogP) is 2.13. The number of H-pyrrole nitrogens is 1. The van der Waals surface area contributed by atoms with Gasteiger partial charge < -0.3 is 10.3 Å². The molecule has 1 atom stereocenters. The molecule has 3 aromatic rings. The summed E-state index contributed by atoms with van der Waals surface area (Å²) in [6.45, 7) is 2.04. The summed E-state index contributed by atoms with van der Waals surface area (Å²) in [7, 11) is 0. The van der Waals surface area contributed by atoms with Crippen molar-refractivity contribution < 1.29 is 4.79 Å². The molecule has 2 aromatic carbocycles. The Morgan fingerprint density at radius 2 is 2.04 bits per heavy atom. The van der Waals surface area contributed by atoms with Gasteiger partial charge in [0.2, 0.25) is 0 Å². The van der Waals surface area contributed by atoms with Crippen LogP contribution in [0.1, 0.15) is 40.9 Å². The average Bonchev–Trinajstić information content (AvgIpc) is 3.04. The molecule has 0 radical (unpaired) electrons. The minimum Gasteiger partial charge on any atom is -0.345 e. The molecule has 1 aliphatic rings. The summed E-state index contributed by atoms with van der Waals surface area (Å²) >= 11 is 0. The van der Waals surface area contributed by atoms with E-state index in [-0.39, 0.29) is 17.5 Å². The Balaban J connectivity index is 1.66. The van der Waals surface area contributed by atoms with E-state index in [1.165, 1.54) is 5.56 Å². The highest BCUT2D eigenvalue weighted by Crippen LogP contribution is 2.30. The maximum Gasteiger partial charge on any atom is 0.328 e. The normalized spacial score (nSPS) is 15.8. The number of amides is 1. The number of benzene rings is 2. The van der Waals surface area contributed by atoms with Crippen LogP contribution in [-0.4, -0.2) is 15.5 Å². The molecule has 1 heterocycles. The Morgan fingerprint density at radius 1 is 1.23 bits per heavy atom. The van der Waals surface area contributed by atoms with E-state index in [1.807, 2.05) is 18.2 Å². The van der Waals surface area contributed by atoms with Crippen LogP contribution >= 0.6 is 0 Å². The monoisotopic (exact) mass is 349 g/mol. The van der Waals surface area contributed by atoms with Crippen molar-refractivity contribution in [3.8, 4) is 0 Å². The van der Waals surface area contributed by atoms with E-state index in [1.54, 1.807) is 25.1 Å². The molecule has 0 fully saturated rings. The van der Waals surface area contributed by atoms with Gasteiger partial charge in [0.1, 0.15) is 0 Å². The van der Waals surface area contributed by atoms with Gasteiger partial charge >= 0.3 is 5.69 Å². The van der Waals surface area contributed by atoms with Gasteiger partial charge in [-0.2, -0.15) is 0 Å². The molecule has 0 unspecified atom stereocenters. The van der Waals surface area contributed by atoms with Crippen molar-refractivity contribution in [3.63, 3.8) is 0 Å². The maximum atomic E-state index is 12.7. The summed E-state index contributed by atoms with van der Waals surface area (Å²) in [5, 5.41) is 3.45. The molecule has 132 valence electrons. The first-order valence-electron chi connectivity index (χ1n) is 8.74. The van der Waals surface area contributed by atoms with Crippen LogP contribution in [0.15, 0.2) is 52.1 Å². The Hall–Kier alpha value is -3.15. The first-order chi connectivity index (χ1) is 12.6. The maximum absolute atomic E-state index is 12.7. The molecule has 26 heavy (non-hydrogen) atoms. The van der Waals surface area contributed by atoms with Crippen LogP contribution in [0.4, 0.5) is 0 Å². The second-order valence-electron chi connectivity index (χ2n) is 6.50. The molecule has 0 saturated carbocycles. The van der Waals surface area contributed by atoms with Gasteiger partial charge in [-0.25, -0.2) is 4.79 Å². The second kappa shape index (κ2) is 6.29. The lowest BCUT2D eigenvalue weighted by molar-refractivity contribution is 0.0937. The van der Waals surface area contributed by atoms with Crippen LogP contribution in [0.3, 0.4) is 0 Å². The molecule has 4 rings (SSSR count). The Kier molecular flexibility index (Phi) is 3.95. The van der Waals surface area contributed by atoms with Crippen molar-refractivity contribution in [1.29, 1.82) is 0 Å². The van der Waals surface area contributed by atoms with Crippen molar-refractivity contribution in [2.75, 3.05) is 0 Å². The summed E-state index contributed by atoms with van der Waals surface area (Å²) in [4.78, 5) is 39.7. The lowest BCUT2D eigenvalue weighted by atomic mass is 10.1. The fraction of sp³-hybridized carbons (Fsp3) is 0.250. The van der Waals surface area contributed by atoms with E-state index in [0.717, 1.165) is 23.0 Å². The van der Waals surface area contributed by atoms with Crippen LogP contribution < -0.4 is 16.6 Å². The lowest BCUT2D eigenvalue weighted by Crippen LogP contribution is -2.34. The van der Waals surface area contributed by atoms with Crippen LogP contribution in [-0.2, 0) is 13.0 Å². The number of aromatic amines is 1.